The second-order valence-corrected chi connectivity index (χ2v) is 4.52. The van der Waals surface area contributed by atoms with Crippen molar-refractivity contribution in [1.82, 2.24) is 9.97 Å². The van der Waals surface area contributed by atoms with Gasteiger partial charge in [0.2, 0.25) is 11.8 Å². The van der Waals surface area contributed by atoms with E-state index in [4.69, 9.17) is 22.1 Å². The summed E-state index contributed by atoms with van der Waals surface area (Å²) in [5.41, 5.74) is 6.05. The summed E-state index contributed by atoms with van der Waals surface area (Å²) in [6, 6.07) is 3.09. The van der Waals surface area contributed by atoms with Gasteiger partial charge in [0.05, 0.1) is 12.8 Å². The van der Waals surface area contributed by atoms with Crippen molar-refractivity contribution in [1.29, 1.82) is 0 Å². The van der Waals surface area contributed by atoms with Crippen molar-refractivity contribution in [3.63, 3.8) is 0 Å². The number of amides is 1. The zero-order valence-electron chi connectivity index (χ0n) is 9.31. The molecule has 18 heavy (non-hydrogen) atoms. The molecule has 2 heterocycles. The number of thiophene rings is 1. The van der Waals surface area contributed by atoms with Crippen LogP contribution in [0.1, 0.15) is 9.67 Å². The Morgan fingerprint density at radius 1 is 1.56 bits per heavy atom. The lowest BCUT2D eigenvalue weighted by Crippen LogP contribution is -2.14. The van der Waals surface area contributed by atoms with Gasteiger partial charge in [-0.1, -0.05) is 11.6 Å². The second-order valence-electron chi connectivity index (χ2n) is 3.22. The van der Waals surface area contributed by atoms with E-state index in [-0.39, 0.29) is 22.9 Å². The molecular formula is C10H9ClN4O2S. The molecule has 94 valence electrons. The van der Waals surface area contributed by atoms with Gasteiger partial charge in [-0.15, -0.1) is 11.3 Å². The first-order valence-electron chi connectivity index (χ1n) is 4.83. The zero-order valence-corrected chi connectivity index (χ0v) is 10.9. The summed E-state index contributed by atoms with van der Waals surface area (Å²) in [6.07, 6.45) is 0. The van der Waals surface area contributed by atoms with Gasteiger partial charge in [-0.3, -0.25) is 10.1 Å². The van der Waals surface area contributed by atoms with Crippen LogP contribution in [0.5, 0.6) is 5.88 Å². The van der Waals surface area contributed by atoms with Crippen LogP contribution >= 0.6 is 22.9 Å². The van der Waals surface area contributed by atoms with Crippen molar-refractivity contribution in [2.24, 2.45) is 0 Å². The third kappa shape index (κ3) is 2.69. The Hall–Kier alpha value is -1.86. The lowest BCUT2D eigenvalue weighted by molar-refractivity contribution is 0.103. The molecule has 0 aliphatic rings. The van der Waals surface area contributed by atoms with E-state index in [1.165, 1.54) is 24.5 Å². The average Bonchev–Trinajstić information content (AvgIpc) is 2.74. The normalized spacial score (nSPS) is 10.1. The third-order valence-corrected chi connectivity index (χ3v) is 3.13. The number of nitrogens with one attached hydrogen (secondary N) is 1. The molecule has 0 unspecified atom stereocenters. The molecule has 8 heteroatoms. The lowest BCUT2D eigenvalue weighted by Gasteiger charge is -2.05. The van der Waals surface area contributed by atoms with Crippen LogP contribution in [0.25, 0.3) is 0 Å². The first kappa shape index (κ1) is 12.6. The van der Waals surface area contributed by atoms with Crippen LogP contribution in [0.2, 0.25) is 5.15 Å². The number of halogens is 1. The molecule has 0 aliphatic heterocycles. The monoisotopic (exact) mass is 284 g/mol. The Bertz CT molecular complexity index is 587. The van der Waals surface area contributed by atoms with Gasteiger partial charge in [0, 0.05) is 6.07 Å². The van der Waals surface area contributed by atoms with Crippen molar-refractivity contribution < 1.29 is 9.53 Å². The molecule has 3 N–H and O–H groups in total. The standard InChI is InChI=1S/C10H9ClN4O2S/c1-17-7-4-6(11)13-10(14-7)15-9(16)8-5(12)2-3-18-8/h2-4H,12H2,1H3,(H,13,14,15,16). The molecule has 1 amide bonds. The highest BCUT2D eigenvalue weighted by molar-refractivity contribution is 7.12. The molecule has 0 bridgehead atoms. The van der Waals surface area contributed by atoms with E-state index in [0.29, 0.717) is 10.6 Å². The number of hydrogen-bond donors (Lipinski definition) is 2. The van der Waals surface area contributed by atoms with Gasteiger partial charge in [0.1, 0.15) is 10.0 Å². The molecule has 2 rings (SSSR count). The average molecular weight is 285 g/mol. The van der Waals surface area contributed by atoms with Gasteiger partial charge in [-0.05, 0) is 11.4 Å². The minimum atomic E-state index is -0.383. The highest BCUT2D eigenvalue weighted by Crippen LogP contribution is 2.21. The summed E-state index contributed by atoms with van der Waals surface area (Å²) in [7, 11) is 1.45. The predicted molar refractivity (Wildman–Crippen MR) is 70.3 cm³/mol. The summed E-state index contributed by atoms with van der Waals surface area (Å²) >= 11 is 7.00. The Kier molecular flexibility index (Phi) is 3.63. The Morgan fingerprint density at radius 2 is 2.33 bits per heavy atom. The van der Waals surface area contributed by atoms with E-state index in [1.54, 1.807) is 11.4 Å². The number of carbonyl (C=O) groups is 1. The summed E-state index contributed by atoms with van der Waals surface area (Å²) in [5.74, 6) is -0.0478. The fraction of sp³-hybridized carbons (Fsp3) is 0.100. The van der Waals surface area contributed by atoms with E-state index in [2.05, 4.69) is 15.3 Å². The minimum Gasteiger partial charge on any atom is -0.481 e. The number of hydrogen-bond acceptors (Lipinski definition) is 6. The second kappa shape index (κ2) is 5.19. The van der Waals surface area contributed by atoms with Gasteiger partial charge >= 0.3 is 0 Å². The van der Waals surface area contributed by atoms with Gasteiger partial charge in [0.25, 0.3) is 5.91 Å². The highest BCUT2D eigenvalue weighted by atomic mass is 35.5. The van der Waals surface area contributed by atoms with Crippen LogP contribution in [0.15, 0.2) is 17.5 Å². The molecule has 0 fully saturated rings. The van der Waals surface area contributed by atoms with E-state index in [9.17, 15) is 4.79 Å². The molecule has 2 aromatic heterocycles. The quantitative estimate of drug-likeness (QED) is 0.842. The number of anilines is 2. The Morgan fingerprint density at radius 3 is 2.94 bits per heavy atom. The number of carbonyl (C=O) groups excluding carboxylic acids is 1. The topological polar surface area (TPSA) is 90.1 Å². The van der Waals surface area contributed by atoms with E-state index in [0.717, 1.165) is 0 Å². The van der Waals surface area contributed by atoms with E-state index < -0.39 is 0 Å². The number of methoxy groups -OCH3 is 1. The molecule has 2 aromatic rings. The van der Waals surface area contributed by atoms with Crippen LogP contribution in [-0.4, -0.2) is 23.0 Å². The maximum Gasteiger partial charge on any atom is 0.270 e. The molecule has 0 spiro atoms. The van der Waals surface area contributed by atoms with Crippen LogP contribution < -0.4 is 15.8 Å². The maximum atomic E-state index is 11.9. The molecule has 0 aromatic carbocycles. The van der Waals surface area contributed by atoms with Crippen LogP contribution in [0, 0.1) is 0 Å². The van der Waals surface area contributed by atoms with Crippen LogP contribution in [0.4, 0.5) is 11.6 Å². The smallest absolute Gasteiger partial charge is 0.270 e. The first-order chi connectivity index (χ1) is 8.60. The number of nitrogens with zero attached hydrogens (tertiary/aromatic N) is 2. The molecule has 0 saturated carbocycles. The largest absolute Gasteiger partial charge is 0.481 e. The fourth-order valence-corrected chi connectivity index (χ4v) is 2.11. The van der Waals surface area contributed by atoms with Gasteiger partial charge in [0.15, 0.2) is 0 Å². The van der Waals surface area contributed by atoms with Gasteiger partial charge in [-0.25, -0.2) is 4.98 Å². The first-order valence-corrected chi connectivity index (χ1v) is 6.09. The summed E-state index contributed by atoms with van der Waals surface area (Å²) in [6.45, 7) is 0. The summed E-state index contributed by atoms with van der Waals surface area (Å²) in [5, 5.41) is 4.41. The maximum absolute atomic E-state index is 11.9. The predicted octanol–water partition coefficient (Wildman–Crippen LogP) is 2.03. The van der Waals surface area contributed by atoms with Gasteiger partial charge in [-0.2, -0.15) is 4.98 Å². The van der Waals surface area contributed by atoms with Crippen molar-refractivity contribution >= 4 is 40.5 Å². The number of aromatic nitrogens is 2. The number of nitrogen functional groups attached to an aromatic ring is 1. The fourth-order valence-electron chi connectivity index (χ4n) is 1.22. The van der Waals surface area contributed by atoms with Crippen molar-refractivity contribution in [2.45, 2.75) is 0 Å². The van der Waals surface area contributed by atoms with E-state index >= 15 is 0 Å². The van der Waals surface area contributed by atoms with Crippen molar-refractivity contribution in [3.8, 4) is 5.88 Å². The lowest BCUT2D eigenvalue weighted by atomic mass is 10.4. The van der Waals surface area contributed by atoms with Gasteiger partial charge < -0.3 is 10.5 Å². The molecule has 0 aliphatic carbocycles. The van der Waals surface area contributed by atoms with Crippen molar-refractivity contribution in [3.05, 3.63) is 27.5 Å². The van der Waals surface area contributed by atoms with Crippen LogP contribution in [0.3, 0.4) is 0 Å². The van der Waals surface area contributed by atoms with Crippen LogP contribution in [-0.2, 0) is 0 Å². The molecular weight excluding hydrogens is 276 g/mol. The molecule has 0 saturated heterocycles. The number of nitrogens with two attached hydrogens (primary N) is 1. The zero-order chi connectivity index (χ0) is 13.1. The third-order valence-electron chi connectivity index (χ3n) is 2.01. The number of rotatable bonds is 3. The Balaban J connectivity index is 2.22. The summed E-state index contributed by atoms with van der Waals surface area (Å²) in [4.78, 5) is 20.1. The highest BCUT2D eigenvalue weighted by Gasteiger charge is 2.13. The van der Waals surface area contributed by atoms with E-state index in [1.807, 2.05) is 0 Å². The molecule has 0 radical (unpaired) electrons. The minimum absolute atomic E-state index is 0.0668. The molecule has 0 atom stereocenters. The number of ether oxygens (including phenoxy) is 1. The summed E-state index contributed by atoms with van der Waals surface area (Å²) < 4.78 is 4.92. The SMILES string of the molecule is COc1cc(Cl)nc(NC(=O)c2sccc2N)n1. The molecule has 6 nitrogen and oxygen atoms in total. The Labute approximate surface area is 112 Å². The van der Waals surface area contributed by atoms with Crippen molar-refractivity contribution in [2.75, 3.05) is 18.2 Å².